The number of hydrogen-bond donors (Lipinski definition) is 1. The van der Waals surface area contributed by atoms with Gasteiger partial charge in [-0.2, -0.15) is 8.42 Å². The Hall–Kier alpha value is -0.760. The molecule has 0 saturated heterocycles. The predicted molar refractivity (Wildman–Crippen MR) is 60.0 cm³/mol. The van der Waals surface area contributed by atoms with E-state index in [4.69, 9.17) is 4.55 Å². The smallest absolute Gasteiger partial charge is 0.264 e. The average molecular weight is 264 g/mol. The molecule has 5 nitrogen and oxygen atoms in total. The fourth-order valence-corrected chi connectivity index (χ4v) is 2.33. The highest BCUT2D eigenvalue weighted by molar-refractivity contribution is 7.85. The zero-order valence-corrected chi connectivity index (χ0v) is 10.3. The molecule has 0 aromatic heterocycles. The maximum Gasteiger partial charge on any atom is 0.397 e. The highest BCUT2D eigenvalue weighted by Crippen LogP contribution is 2.08. The summed E-state index contributed by atoms with van der Waals surface area (Å²) in [7, 11) is -5.77. The van der Waals surface area contributed by atoms with Gasteiger partial charge in [0.25, 0.3) is 0 Å². The Bertz CT molecular complexity index is 463. The molecule has 1 aromatic rings. The highest BCUT2D eigenvalue weighted by Gasteiger charge is 2.07. The van der Waals surface area contributed by atoms with E-state index in [1.54, 1.807) is 12.1 Å². The minimum atomic E-state index is -4.44. The number of hydrogen-bond acceptors (Lipinski definition) is 4. The normalized spacial score (nSPS) is 13.6. The van der Waals surface area contributed by atoms with Crippen LogP contribution in [0.5, 0.6) is 0 Å². The fraction of sp³-hybridized carbons (Fsp3) is 0.333. The Morgan fingerprint density at radius 1 is 1.31 bits per heavy atom. The van der Waals surface area contributed by atoms with E-state index in [2.05, 4.69) is 4.18 Å². The topological polar surface area (TPSA) is 80.7 Å². The molecule has 0 radical (unpaired) electrons. The van der Waals surface area contributed by atoms with Gasteiger partial charge in [-0.1, -0.05) is 17.7 Å². The Balaban J connectivity index is 2.50. The highest BCUT2D eigenvalue weighted by atomic mass is 32.3. The van der Waals surface area contributed by atoms with Crippen LogP contribution in [-0.2, 0) is 25.4 Å². The molecule has 0 spiro atoms. The van der Waals surface area contributed by atoms with E-state index >= 15 is 0 Å². The van der Waals surface area contributed by atoms with Gasteiger partial charge in [0.05, 0.1) is 23.2 Å². The first-order valence-electron chi connectivity index (χ1n) is 4.45. The third-order valence-electron chi connectivity index (χ3n) is 1.78. The first-order chi connectivity index (χ1) is 7.38. The molecular weight excluding hydrogens is 252 g/mol. The summed E-state index contributed by atoms with van der Waals surface area (Å²) in [6.07, 6.45) is 0. The molecule has 0 amide bonds. The Kier molecular flexibility index (Phi) is 4.60. The molecule has 0 fully saturated rings. The molecule has 1 unspecified atom stereocenters. The number of aryl methyl sites for hydroxylation is 1. The van der Waals surface area contributed by atoms with E-state index in [0.717, 1.165) is 5.56 Å². The van der Waals surface area contributed by atoms with Crippen LogP contribution in [0.15, 0.2) is 29.2 Å². The molecule has 16 heavy (non-hydrogen) atoms. The lowest BCUT2D eigenvalue weighted by atomic mass is 10.2. The van der Waals surface area contributed by atoms with Gasteiger partial charge < -0.3 is 0 Å². The molecule has 1 atom stereocenters. The van der Waals surface area contributed by atoms with Crippen LogP contribution in [0.4, 0.5) is 0 Å². The molecule has 1 N–H and O–H groups in total. The van der Waals surface area contributed by atoms with Gasteiger partial charge in [-0.05, 0) is 19.1 Å². The van der Waals surface area contributed by atoms with E-state index in [0.29, 0.717) is 4.90 Å². The van der Waals surface area contributed by atoms with Crippen molar-refractivity contribution in [3.63, 3.8) is 0 Å². The van der Waals surface area contributed by atoms with Crippen LogP contribution in [0.25, 0.3) is 0 Å². The van der Waals surface area contributed by atoms with Crippen LogP contribution in [0.1, 0.15) is 5.56 Å². The minimum Gasteiger partial charge on any atom is -0.264 e. The van der Waals surface area contributed by atoms with Gasteiger partial charge in [-0.15, -0.1) is 0 Å². The number of rotatable bonds is 5. The van der Waals surface area contributed by atoms with Crippen molar-refractivity contribution < 1.29 is 21.4 Å². The van der Waals surface area contributed by atoms with Gasteiger partial charge in [-0.3, -0.25) is 8.76 Å². The van der Waals surface area contributed by atoms with Crippen LogP contribution in [-0.4, -0.2) is 29.5 Å². The lowest BCUT2D eigenvalue weighted by Gasteiger charge is -2.02. The second-order valence-electron chi connectivity index (χ2n) is 3.11. The maximum absolute atomic E-state index is 11.6. The van der Waals surface area contributed by atoms with Crippen molar-refractivity contribution in [1.82, 2.24) is 0 Å². The second-order valence-corrected chi connectivity index (χ2v) is 5.77. The maximum atomic E-state index is 11.6. The SMILES string of the molecule is Cc1ccc(S(=O)CCOS(=O)(=O)O)cc1. The third-order valence-corrected chi connectivity index (χ3v) is 3.58. The van der Waals surface area contributed by atoms with Gasteiger partial charge in [0.15, 0.2) is 0 Å². The summed E-state index contributed by atoms with van der Waals surface area (Å²) in [6.45, 7) is 1.60. The van der Waals surface area contributed by atoms with E-state index < -0.39 is 21.2 Å². The molecule has 0 heterocycles. The Morgan fingerprint density at radius 2 is 1.88 bits per heavy atom. The third kappa shape index (κ3) is 4.84. The lowest BCUT2D eigenvalue weighted by molar-refractivity contribution is 0.284. The van der Waals surface area contributed by atoms with Gasteiger partial charge in [0.1, 0.15) is 0 Å². The standard InChI is InChI=1S/C9H12O5S2/c1-8-2-4-9(5-3-8)15(10)7-6-14-16(11,12)13/h2-5H,6-7H2,1H3,(H,11,12,13). The molecule has 7 heteroatoms. The Labute approximate surface area is 96.9 Å². The van der Waals surface area contributed by atoms with Gasteiger partial charge in [-0.25, -0.2) is 4.18 Å². The zero-order valence-electron chi connectivity index (χ0n) is 8.62. The van der Waals surface area contributed by atoms with Crippen molar-refractivity contribution in [2.24, 2.45) is 0 Å². The Morgan fingerprint density at radius 3 is 2.38 bits per heavy atom. The summed E-state index contributed by atoms with van der Waals surface area (Å²) in [5, 5.41) is 0. The second kappa shape index (κ2) is 5.53. The lowest BCUT2D eigenvalue weighted by Crippen LogP contribution is -2.11. The summed E-state index contributed by atoms with van der Waals surface area (Å²) in [6, 6.07) is 7.05. The molecule has 0 aliphatic heterocycles. The molecule has 0 aliphatic carbocycles. The largest absolute Gasteiger partial charge is 0.397 e. The fourth-order valence-electron chi connectivity index (χ4n) is 1.02. The van der Waals surface area contributed by atoms with E-state index in [1.807, 2.05) is 19.1 Å². The van der Waals surface area contributed by atoms with Crippen LogP contribution < -0.4 is 0 Å². The van der Waals surface area contributed by atoms with Crippen molar-refractivity contribution in [3.05, 3.63) is 29.8 Å². The van der Waals surface area contributed by atoms with Gasteiger partial charge >= 0.3 is 10.4 Å². The van der Waals surface area contributed by atoms with Crippen LogP contribution in [0.2, 0.25) is 0 Å². The summed E-state index contributed by atoms with van der Waals surface area (Å²) in [4.78, 5) is 0.601. The average Bonchev–Trinajstić information content (AvgIpc) is 2.16. The number of benzene rings is 1. The molecule has 1 aromatic carbocycles. The molecule has 0 saturated carbocycles. The van der Waals surface area contributed by atoms with Gasteiger partial charge in [0, 0.05) is 4.90 Å². The van der Waals surface area contributed by atoms with Crippen molar-refractivity contribution in [2.75, 3.05) is 12.4 Å². The van der Waals surface area contributed by atoms with Crippen molar-refractivity contribution in [3.8, 4) is 0 Å². The summed E-state index contributed by atoms with van der Waals surface area (Å²) >= 11 is 0. The molecule has 90 valence electrons. The van der Waals surface area contributed by atoms with Gasteiger partial charge in [0.2, 0.25) is 0 Å². The van der Waals surface area contributed by atoms with Crippen LogP contribution in [0.3, 0.4) is 0 Å². The van der Waals surface area contributed by atoms with Crippen molar-refractivity contribution >= 4 is 21.2 Å². The molecule has 1 rings (SSSR count). The monoisotopic (exact) mass is 264 g/mol. The van der Waals surface area contributed by atoms with Crippen LogP contribution >= 0.6 is 0 Å². The predicted octanol–water partition coefficient (Wildman–Crippen LogP) is 0.922. The summed E-state index contributed by atoms with van der Waals surface area (Å²) < 4.78 is 44.4. The summed E-state index contributed by atoms with van der Waals surface area (Å²) in [5.41, 5.74) is 1.05. The minimum absolute atomic E-state index is 0.0167. The molecule has 0 aliphatic rings. The first kappa shape index (κ1) is 13.3. The quantitative estimate of drug-likeness (QED) is 0.800. The van der Waals surface area contributed by atoms with E-state index in [1.165, 1.54) is 0 Å². The molecule has 0 bridgehead atoms. The van der Waals surface area contributed by atoms with Crippen molar-refractivity contribution in [1.29, 1.82) is 0 Å². The first-order valence-corrected chi connectivity index (χ1v) is 7.14. The summed E-state index contributed by atoms with van der Waals surface area (Å²) in [5.74, 6) is 0.0167. The van der Waals surface area contributed by atoms with E-state index in [-0.39, 0.29) is 12.4 Å². The van der Waals surface area contributed by atoms with Crippen LogP contribution in [0, 0.1) is 6.92 Å². The van der Waals surface area contributed by atoms with E-state index in [9.17, 15) is 12.6 Å². The molecular formula is C9H12O5S2. The zero-order chi connectivity index (χ0) is 12.2. The van der Waals surface area contributed by atoms with Crippen molar-refractivity contribution in [2.45, 2.75) is 11.8 Å².